The molecule has 1 saturated carbocycles. The van der Waals surface area contributed by atoms with E-state index < -0.39 is 0 Å². The lowest BCUT2D eigenvalue weighted by molar-refractivity contribution is -0.121. The van der Waals surface area contributed by atoms with Gasteiger partial charge in [-0.2, -0.15) is 0 Å². The molecule has 1 atom stereocenters. The highest BCUT2D eigenvalue weighted by atomic mass is 32.1. The van der Waals surface area contributed by atoms with Gasteiger partial charge in [0.1, 0.15) is 17.3 Å². The Morgan fingerprint density at radius 2 is 2.11 bits per heavy atom. The van der Waals surface area contributed by atoms with E-state index in [1.54, 1.807) is 17.7 Å². The number of hydrogen-bond donors (Lipinski definition) is 1. The molecule has 8 heteroatoms. The minimum Gasteiger partial charge on any atom is -0.474 e. The van der Waals surface area contributed by atoms with Gasteiger partial charge in [-0.3, -0.25) is 4.79 Å². The van der Waals surface area contributed by atoms with Crippen molar-refractivity contribution in [3.63, 3.8) is 0 Å². The van der Waals surface area contributed by atoms with E-state index in [1.165, 1.54) is 0 Å². The maximum absolute atomic E-state index is 11.3. The van der Waals surface area contributed by atoms with Gasteiger partial charge in [0.25, 0.3) is 0 Å². The Morgan fingerprint density at radius 3 is 2.81 bits per heavy atom. The first-order chi connectivity index (χ1) is 13.0. The topological polar surface area (TPSA) is 90.6 Å². The quantitative estimate of drug-likeness (QED) is 0.842. The van der Waals surface area contributed by atoms with E-state index >= 15 is 0 Å². The second-order valence-electron chi connectivity index (χ2n) is 7.68. The van der Waals surface area contributed by atoms with Crippen molar-refractivity contribution in [1.29, 1.82) is 0 Å². The molecule has 1 aliphatic carbocycles. The van der Waals surface area contributed by atoms with Crippen molar-refractivity contribution in [3.8, 4) is 5.88 Å². The maximum atomic E-state index is 11.3. The molecule has 27 heavy (non-hydrogen) atoms. The summed E-state index contributed by atoms with van der Waals surface area (Å²) in [6.07, 6.45) is 6.82. The van der Waals surface area contributed by atoms with Gasteiger partial charge in [0.2, 0.25) is 11.8 Å². The van der Waals surface area contributed by atoms with E-state index in [0.29, 0.717) is 24.9 Å². The summed E-state index contributed by atoms with van der Waals surface area (Å²) < 4.78 is 12.1. The third-order valence-corrected chi connectivity index (χ3v) is 6.71. The Kier molecular flexibility index (Phi) is 5.29. The zero-order chi connectivity index (χ0) is 19.0. The van der Waals surface area contributed by atoms with Crippen LogP contribution in [0.5, 0.6) is 5.88 Å². The van der Waals surface area contributed by atoms with Crippen molar-refractivity contribution in [1.82, 2.24) is 14.9 Å². The van der Waals surface area contributed by atoms with Crippen molar-refractivity contribution < 1.29 is 14.3 Å². The van der Waals surface area contributed by atoms with Crippen LogP contribution in [0.3, 0.4) is 0 Å². The first kappa shape index (κ1) is 18.6. The van der Waals surface area contributed by atoms with Crippen LogP contribution in [0.15, 0.2) is 6.33 Å². The average molecular weight is 391 g/mol. The summed E-state index contributed by atoms with van der Waals surface area (Å²) in [5.74, 6) is 0.332. The minimum atomic E-state index is -0.339. The molecule has 2 aromatic heterocycles. The zero-order valence-electron chi connectivity index (χ0n) is 15.8. The second-order valence-corrected chi connectivity index (χ2v) is 8.77. The Hall–Kier alpha value is -1.77. The van der Waals surface area contributed by atoms with Gasteiger partial charge in [-0.15, -0.1) is 11.3 Å². The minimum absolute atomic E-state index is 0.184. The molecule has 0 saturated heterocycles. The number of ether oxygens (including phenoxy) is 2. The molecule has 0 radical (unpaired) electrons. The number of hydrogen-bond acceptors (Lipinski definition) is 7. The highest BCUT2D eigenvalue weighted by Gasteiger charge is 2.29. The molecule has 4 rings (SSSR count). The number of primary amides is 1. The van der Waals surface area contributed by atoms with Crippen LogP contribution in [0.25, 0.3) is 10.2 Å². The molecule has 1 unspecified atom stereocenters. The number of carbonyl (C=O) groups is 1. The lowest BCUT2D eigenvalue weighted by atomic mass is 9.92. The summed E-state index contributed by atoms with van der Waals surface area (Å²) in [6, 6.07) is 0.635. The highest BCUT2D eigenvalue weighted by Crippen LogP contribution is 2.40. The van der Waals surface area contributed by atoms with E-state index in [0.717, 1.165) is 46.3 Å². The van der Waals surface area contributed by atoms with Gasteiger partial charge < -0.3 is 20.1 Å². The number of fused-ring (bicyclic) bond motifs is 3. The maximum Gasteiger partial charge on any atom is 0.225 e. The van der Waals surface area contributed by atoms with Gasteiger partial charge in [-0.1, -0.05) is 0 Å². The third-order valence-electron chi connectivity index (χ3n) is 5.60. The average Bonchev–Trinajstić information content (AvgIpc) is 3.00. The Morgan fingerprint density at radius 1 is 1.33 bits per heavy atom. The molecule has 0 bridgehead atoms. The van der Waals surface area contributed by atoms with Crippen LogP contribution >= 0.6 is 11.3 Å². The van der Waals surface area contributed by atoms with Crippen molar-refractivity contribution in [2.75, 3.05) is 14.1 Å². The van der Waals surface area contributed by atoms with Crippen LogP contribution in [0.1, 0.15) is 42.5 Å². The molecular weight excluding hydrogens is 364 g/mol. The first-order valence-corrected chi connectivity index (χ1v) is 10.3. The standard InChI is InChI=1S/C19H26N4O3S/c1-23(2)11-3-5-12(6-4-11)26-18-17-14-7-13(8-16(20)24)25-9-15(14)27-19(17)22-10-21-18/h10-13H,3-9H2,1-2H3,(H2,20,24). The fraction of sp³-hybridized carbons (Fsp3) is 0.632. The van der Waals surface area contributed by atoms with Gasteiger partial charge in [-0.25, -0.2) is 9.97 Å². The monoisotopic (exact) mass is 390 g/mol. The van der Waals surface area contributed by atoms with Crippen LogP contribution in [-0.2, 0) is 22.6 Å². The largest absolute Gasteiger partial charge is 0.474 e. The number of aromatic nitrogens is 2. The third kappa shape index (κ3) is 3.93. The lowest BCUT2D eigenvalue weighted by Gasteiger charge is -2.32. The summed E-state index contributed by atoms with van der Waals surface area (Å²) in [4.78, 5) is 24.5. The molecule has 2 aromatic rings. The molecule has 1 aliphatic heterocycles. The van der Waals surface area contributed by atoms with Crippen LogP contribution < -0.4 is 10.5 Å². The predicted molar refractivity (Wildman–Crippen MR) is 104 cm³/mol. The number of carbonyl (C=O) groups excluding carboxylic acids is 1. The molecule has 0 spiro atoms. The van der Waals surface area contributed by atoms with Crippen LogP contribution in [0.2, 0.25) is 0 Å². The van der Waals surface area contributed by atoms with Crippen LogP contribution in [0, 0.1) is 0 Å². The fourth-order valence-electron chi connectivity index (χ4n) is 4.10. The summed E-state index contributed by atoms with van der Waals surface area (Å²) in [6.45, 7) is 0.488. The molecule has 2 N–H and O–H groups in total. The fourth-order valence-corrected chi connectivity index (χ4v) is 5.18. The van der Waals surface area contributed by atoms with Crippen LogP contribution in [0.4, 0.5) is 0 Å². The molecule has 2 aliphatic rings. The van der Waals surface area contributed by atoms with Gasteiger partial charge in [-0.05, 0) is 45.3 Å². The van der Waals surface area contributed by atoms with Crippen molar-refractivity contribution in [2.45, 2.75) is 63.4 Å². The van der Waals surface area contributed by atoms with E-state index in [2.05, 4.69) is 29.0 Å². The van der Waals surface area contributed by atoms with Crippen molar-refractivity contribution >= 4 is 27.5 Å². The molecule has 0 aromatic carbocycles. The lowest BCUT2D eigenvalue weighted by Crippen LogP contribution is -2.35. The molecule has 1 fully saturated rings. The normalized spacial score (nSPS) is 25.5. The SMILES string of the molecule is CN(C)C1CCC(Oc2ncnc3sc4c(c23)CC(CC(N)=O)OC4)CC1. The number of amides is 1. The smallest absolute Gasteiger partial charge is 0.225 e. The van der Waals surface area contributed by atoms with E-state index in [1.807, 2.05) is 0 Å². The van der Waals surface area contributed by atoms with Gasteiger partial charge in [0, 0.05) is 17.3 Å². The van der Waals surface area contributed by atoms with E-state index in [4.69, 9.17) is 15.2 Å². The number of nitrogens with two attached hydrogens (primary N) is 1. The Bertz CT molecular complexity index is 830. The summed E-state index contributed by atoms with van der Waals surface area (Å²) >= 11 is 1.62. The zero-order valence-corrected chi connectivity index (χ0v) is 16.6. The van der Waals surface area contributed by atoms with E-state index in [9.17, 15) is 4.79 Å². The van der Waals surface area contributed by atoms with E-state index in [-0.39, 0.29) is 24.5 Å². The first-order valence-electron chi connectivity index (χ1n) is 9.49. The predicted octanol–water partition coefficient (Wildman–Crippen LogP) is 2.26. The molecule has 3 heterocycles. The van der Waals surface area contributed by atoms with Gasteiger partial charge >= 0.3 is 0 Å². The molecule has 1 amide bonds. The summed E-state index contributed by atoms with van der Waals surface area (Å²) in [5.41, 5.74) is 6.51. The number of thiophene rings is 1. The Labute approximate surface area is 162 Å². The highest BCUT2D eigenvalue weighted by molar-refractivity contribution is 7.18. The number of rotatable bonds is 5. The van der Waals surface area contributed by atoms with Crippen LogP contribution in [-0.4, -0.2) is 53.1 Å². The molecule has 7 nitrogen and oxygen atoms in total. The van der Waals surface area contributed by atoms with Gasteiger partial charge in [0.05, 0.1) is 24.5 Å². The molecular formula is C19H26N4O3S. The van der Waals surface area contributed by atoms with Crippen molar-refractivity contribution in [2.24, 2.45) is 5.73 Å². The van der Waals surface area contributed by atoms with Gasteiger partial charge in [0.15, 0.2) is 0 Å². The second kappa shape index (κ2) is 7.69. The number of nitrogens with zero attached hydrogens (tertiary/aromatic N) is 3. The molecule has 146 valence electrons. The Balaban J connectivity index is 1.56. The summed E-state index contributed by atoms with van der Waals surface area (Å²) in [7, 11) is 4.28. The van der Waals surface area contributed by atoms with Crippen molar-refractivity contribution in [3.05, 3.63) is 16.8 Å². The summed E-state index contributed by atoms with van der Waals surface area (Å²) in [5, 5.41) is 0.991.